The Hall–Kier alpha value is -2.82. The van der Waals surface area contributed by atoms with Crippen molar-refractivity contribution in [2.45, 2.75) is 13.5 Å². The maximum absolute atomic E-state index is 12.2. The van der Waals surface area contributed by atoms with Crippen molar-refractivity contribution in [1.82, 2.24) is 10.3 Å². The van der Waals surface area contributed by atoms with Gasteiger partial charge in [-0.3, -0.25) is 9.78 Å². The molecule has 1 aromatic carbocycles. The average molecular weight is 312 g/mol. The lowest BCUT2D eigenvalue weighted by atomic mass is 10.2. The molecule has 0 aliphatic heterocycles. The van der Waals surface area contributed by atoms with Gasteiger partial charge in [0.05, 0.1) is 19.3 Å². The molecule has 0 bridgehead atoms. The molecule has 0 spiro atoms. The number of pyridine rings is 1. The first kappa shape index (κ1) is 16.5. The third kappa shape index (κ3) is 4.57. The van der Waals surface area contributed by atoms with E-state index in [0.717, 1.165) is 11.4 Å². The monoisotopic (exact) mass is 312 g/mol. The van der Waals surface area contributed by atoms with Gasteiger partial charge in [-0.05, 0) is 37.3 Å². The fraction of sp³-hybridized carbons (Fsp3) is 0.222. The van der Waals surface area contributed by atoms with Gasteiger partial charge in [0.15, 0.2) is 11.5 Å². The summed E-state index contributed by atoms with van der Waals surface area (Å²) in [6, 6.07) is 10.8. The number of nitrogens with zero attached hydrogens (tertiary/aromatic N) is 1. The Balaban J connectivity index is 2.05. The third-order valence-corrected chi connectivity index (χ3v) is 3.16. The molecular formula is C18H20N2O3. The van der Waals surface area contributed by atoms with Crippen molar-refractivity contribution in [3.63, 3.8) is 0 Å². The predicted octanol–water partition coefficient (Wildman–Crippen LogP) is 2.89. The Labute approximate surface area is 136 Å². The van der Waals surface area contributed by atoms with Crippen LogP contribution in [-0.2, 0) is 6.54 Å². The minimum Gasteiger partial charge on any atom is -0.493 e. The molecule has 1 aromatic heterocycles. The number of aromatic nitrogens is 1. The van der Waals surface area contributed by atoms with Crippen molar-refractivity contribution in [1.29, 1.82) is 0 Å². The number of hydrogen-bond donors (Lipinski definition) is 1. The van der Waals surface area contributed by atoms with E-state index in [1.165, 1.54) is 7.11 Å². The van der Waals surface area contributed by atoms with Gasteiger partial charge in [-0.15, -0.1) is 0 Å². The van der Waals surface area contributed by atoms with Gasteiger partial charge in [0, 0.05) is 11.3 Å². The summed E-state index contributed by atoms with van der Waals surface area (Å²) in [5.41, 5.74) is 2.24. The molecule has 0 aliphatic rings. The maximum Gasteiger partial charge on any atom is 0.251 e. The average Bonchev–Trinajstić information content (AvgIpc) is 2.57. The molecule has 1 N–H and O–H groups in total. The molecule has 120 valence electrons. The molecule has 0 unspecified atom stereocenters. The molecule has 0 saturated carbocycles. The van der Waals surface area contributed by atoms with Crippen molar-refractivity contribution in [3.8, 4) is 11.5 Å². The number of hydrogen-bond acceptors (Lipinski definition) is 4. The van der Waals surface area contributed by atoms with Crippen LogP contribution in [0.4, 0.5) is 0 Å². The van der Waals surface area contributed by atoms with Gasteiger partial charge >= 0.3 is 0 Å². The molecule has 1 amide bonds. The quantitative estimate of drug-likeness (QED) is 0.799. The molecule has 23 heavy (non-hydrogen) atoms. The van der Waals surface area contributed by atoms with Gasteiger partial charge in [-0.25, -0.2) is 0 Å². The fourth-order valence-electron chi connectivity index (χ4n) is 2.05. The number of benzene rings is 1. The zero-order chi connectivity index (χ0) is 16.7. The van der Waals surface area contributed by atoms with Gasteiger partial charge in [-0.1, -0.05) is 18.7 Å². The zero-order valence-electron chi connectivity index (χ0n) is 13.3. The molecule has 0 radical (unpaired) electrons. The Morgan fingerprint density at radius 1 is 1.30 bits per heavy atom. The summed E-state index contributed by atoms with van der Waals surface area (Å²) in [5.74, 6) is 0.888. The van der Waals surface area contributed by atoms with Crippen molar-refractivity contribution in [2.75, 3.05) is 13.7 Å². The number of amides is 1. The van der Waals surface area contributed by atoms with Crippen LogP contribution >= 0.6 is 0 Å². The van der Waals surface area contributed by atoms with Crippen LogP contribution < -0.4 is 14.8 Å². The highest BCUT2D eigenvalue weighted by molar-refractivity contribution is 5.94. The number of carbonyl (C=O) groups is 1. The topological polar surface area (TPSA) is 60.5 Å². The van der Waals surface area contributed by atoms with Crippen LogP contribution in [0.3, 0.4) is 0 Å². The van der Waals surface area contributed by atoms with Gasteiger partial charge in [-0.2, -0.15) is 0 Å². The molecule has 0 fully saturated rings. The lowest BCUT2D eigenvalue weighted by molar-refractivity contribution is 0.0950. The molecular weight excluding hydrogens is 292 g/mol. The van der Waals surface area contributed by atoms with Gasteiger partial charge in [0.25, 0.3) is 5.91 Å². The lowest BCUT2D eigenvalue weighted by Crippen LogP contribution is -2.23. The first-order chi connectivity index (χ1) is 11.1. The van der Waals surface area contributed by atoms with Crippen LogP contribution in [0.15, 0.2) is 49.1 Å². The van der Waals surface area contributed by atoms with Crippen molar-refractivity contribution >= 4 is 5.91 Å². The first-order valence-electron chi connectivity index (χ1n) is 7.26. The van der Waals surface area contributed by atoms with Crippen molar-refractivity contribution < 1.29 is 14.3 Å². The Bertz CT molecular complexity index is 698. The summed E-state index contributed by atoms with van der Waals surface area (Å²) >= 11 is 0. The largest absolute Gasteiger partial charge is 0.493 e. The SMILES string of the molecule is C=CCOc1ccc(C(=O)NCc2cccc(C)n2)cc1OC. The molecule has 2 rings (SSSR count). The number of aryl methyl sites for hydroxylation is 1. The summed E-state index contributed by atoms with van der Waals surface area (Å²) in [6.07, 6.45) is 1.65. The smallest absolute Gasteiger partial charge is 0.251 e. The second-order valence-electron chi connectivity index (χ2n) is 4.92. The maximum atomic E-state index is 12.2. The van der Waals surface area contributed by atoms with E-state index >= 15 is 0 Å². The summed E-state index contributed by atoms with van der Waals surface area (Å²) < 4.78 is 10.7. The van der Waals surface area contributed by atoms with E-state index in [4.69, 9.17) is 9.47 Å². The molecule has 0 saturated heterocycles. The minimum absolute atomic E-state index is 0.193. The molecule has 5 heteroatoms. The molecule has 0 aliphatic carbocycles. The Morgan fingerprint density at radius 3 is 2.83 bits per heavy atom. The van der Waals surface area contributed by atoms with Crippen molar-refractivity contribution in [2.24, 2.45) is 0 Å². The zero-order valence-corrected chi connectivity index (χ0v) is 13.3. The standard InChI is InChI=1S/C18H20N2O3/c1-4-10-23-16-9-8-14(11-17(16)22-3)18(21)19-12-15-7-5-6-13(2)20-15/h4-9,11H,1,10,12H2,2-3H3,(H,19,21). The first-order valence-corrected chi connectivity index (χ1v) is 7.26. The van der Waals surface area contributed by atoms with Gasteiger partial charge in [0.2, 0.25) is 0 Å². The van der Waals surface area contributed by atoms with E-state index in [-0.39, 0.29) is 5.91 Å². The minimum atomic E-state index is -0.193. The highest BCUT2D eigenvalue weighted by Gasteiger charge is 2.11. The molecule has 1 heterocycles. The summed E-state index contributed by atoms with van der Waals surface area (Å²) in [5, 5.41) is 2.84. The fourth-order valence-corrected chi connectivity index (χ4v) is 2.05. The summed E-state index contributed by atoms with van der Waals surface area (Å²) in [6.45, 7) is 6.26. The van der Waals surface area contributed by atoms with Crippen LogP contribution in [-0.4, -0.2) is 24.6 Å². The number of nitrogens with one attached hydrogen (secondary N) is 1. The number of carbonyl (C=O) groups excluding carboxylic acids is 1. The van der Waals surface area contributed by atoms with Crippen LogP contribution in [0.1, 0.15) is 21.7 Å². The predicted molar refractivity (Wildman–Crippen MR) is 88.8 cm³/mol. The van der Waals surface area contributed by atoms with Crippen molar-refractivity contribution in [3.05, 3.63) is 66.0 Å². The highest BCUT2D eigenvalue weighted by atomic mass is 16.5. The van der Waals surface area contributed by atoms with Crippen LogP contribution in [0.5, 0.6) is 11.5 Å². The Kier molecular flexibility index (Phi) is 5.74. The van der Waals surface area contributed by atoms with E-state index in [2.05, 4.69) is 16.9 Å². The van der Waals surface area contributed by atoms with Gasteiger partial charge in [0.1, 0.15) is 6.61 Å². The van der Waals surface area contributed by atoms with Crippen LogP contribution in [0.25, 0.3) is 0 Å². The van der Waals surface area contributed by atoms with Crippen LogP contribution in [0, 0.1) is 6.92 Å². The molecule has 0 atom stereocenters. The normalized spacial score (nSPS) is 10.0. The molecule has 2 aromatic rings. The lowest BCUT2D eigenvalue weighted by Gasteiger charge is -2.11. The number of ether oxygens (including phenoxy) is 2. The van der Waals surface area contributed by atoms with Gasteiger partial charge < -0.3 is 14.8 Å². The second kappa shape index (κ2) is 7.98. The van der Waals surface area contributed by atoms with E-state index in [0.29, 0.717) is 30.2 Å². The molecule has 5 nitrogen and oxygen atoms in total. The third-order valence-electron chi connectivity index (χ3n) is 3.16. The Morgan fingerprint density at radius 2 is 2.13 bits per heavy atom. The highest BCUT2D eigenvalue weighted by Crippen LogP contribution is 2.28. The van der Waals surface area contributed by atoms with E-state index in [1.54, 1.807) is 24.3 Å². The number of rotatable bonds is 7. The van der Waals surface area contributed by atoms with Crippen LogP contribution in [0.2, 0.25) is 0 Å². The van der Waals surface area contributed by atoms with E-state index in [1.807, 2.05) is 25.1 Å². The van der Waals surface area contributed by atoms with E-state index < -0.39 is 0 Å². The summed E-state index contributed by atoms with van der Waals surface area (Å²) in [4.78, 5) is 16.6. The summed E-state index contributed by atoms with van der Waals surface area (Å²) in [7, 11) is 1.54. The van der Waals surface area contributed by atoms with E-state index in [9.17, 15) is 4.79 Å². The second-order valence-corrected chi connectivity index (χ2v) is 4.92. The number of methoxy groups -OCH3 is 1.